The van der Waals surface area contributed by atoms with Crippen LogP contribution in [0.2, 0.25) is 0 Å². The molecule has 120 valence electrons. The van der Waals surface area contributed by atoms with Gasteiger partial charge in [0, 0.05) is 12.6 Å². The standard InChI is InChI=1S/C18H38N2/c1-4-5-6-7-8-9-10-13-20-14-11-12-18(20)16-19-15-17(2)3/h17-19H,4-16H2,1-3H3. The van der Waals surface area contributed by atoms with Gasteiger partial charge in [-0.25, -0.2) is 0 Å². The van der Waals surface area contributed by atoms with Crippen LogP contribution in [-0.4, -0.2) is 37.1 Å². The van der Waals surface area contributed by atoms with Crippen LogP contribution in [0.5, 0.6) is 0 Å². The van der Waals surface area contributed by atoms with Crippen molar-refractivity contribution in [1.29, 1.82) is 0 Å². The Morgan fingerprint density at radius 2 is 1.75 bits per heavy atom. The third-order valence-corrected chi connectivity index (χ3v) is 4.48. The lowest BCUT2D eigenvalue weighted by molar-refractivity contribution is 0.240. The molecule has 0 aromatic rings. The van der Waals surface area contributed by atoms with Crippen molar-refractivity contribution in [3.05, 3.63) is 0 Å². The van der Waals surface area contributed by atoms with Crippen LogP contribution in [0.4, 0.5) is 0 Å². The van der Waals surface area contributed by atoms with E-state index in [-0.39, 0.29) is 0 Å². The van der Waals surface area contributed by atoms with Gasteiger partial charge >= 0.3 is 0 Å². The maximum Gasteiger partial charge on any atom is 0.0221 e. The molecule has 1 heterocycles. The second-order valence-corrected chi connectivity index (χ2v) is 7.01. The maximum absolute atomic E-state index is 3.64. The average Bonchev–Trinajstić information content (AvgIpc) is 2.85. The van der Waals surface area contributed by atoms with Crippen LogP contribution >= 0.6 is 0 Å². The Balaban J connectivity index is 2.00. The Labute approximate surface area is 127 Å². The summed E-state index contributed by atoms with van der Waals surface area (Å²) in [6.45, 7) is 11.9. The molecule has 1 atom stereocenters. The van der Waals surface area contributed by atoms with Crippen LogP contribution in [0.15, 0.2) is 0 Å². The van der Waals surface area contributed by atoms with E-state index in [1.54, 1.807) is 0 Å². The number of nitrogens with zero attached hydrogens (tertiary/aromatic N) is 1. The Bertz CT molecular complexity index is 215. The summed E-state index contributed by atoms with van der Waals surface area (Å²) in [4.78, 5) is 2.74. The molecular weight excluding hydrogens is 244 g/mol. The van der Waals surface area contributed by atoms with Gasteiger partial charge in [0.1, 0.15) is 0 Å². The van der Waals surface area contributed by atoms with Crippen molar-refractivity contribution in [2.75, 3.05) is 26.2 Å². The van der Waals surface area contributed by atoms with Gasteiger partial charge in [-0.15, -0.1) is 0 Å². The first-order chi connectivity index (χ1) is 9.74. The largest absolute Gasteiger partial charge is 0.315 e. The zero-order chi connectivity index (χ0) is 14.6. The third kappa shape index (κ3) is 8.26. The highest BCUT2D eigenvalue weighted by atomic mass is 15.2. The molecule has 1 saturated heterocycles. The summed E-state index contributed by atoms with van der Waals surface area (Å²) in [6.07, 6.45) is 12.8. The first kappa shape index (κ1) is 18.0. The molecule has 1 aliphatic rings. The summed E-state index contributed by atoms with van der Waals surface area (Å²) in [5.41, 5.74) is 0. The number of rotatable bonds is 12. The van der Waals surface area contributed by atoms with Gasteiger partial charge in [0.25, 0.3) is 0 Å². The van der Waals surface area contributed by atoms with Gasteiger partial charge in [-0.1, -0.05) is 59.3 Å². The van der Waals surface area contributed by atoms with Gasteiger partial charge in [0.2, 0.25) is 0 Å². The van der Waals surface area contributed by atoms with E-state index >= 15 is 0 Å². The average molecular weight is 283 g/mol. The van der Waals surface area contributed by atoms with Crippen molar-refractivity contribution >= 4 is 0 Å². The molecule has 0 radical (unpaired) electrons. The minimum Gasteiger partial charge on any atom is -0.315 e. The fourth-order valence-electron chi connectivity index (χ4n) is 3.23. The molecule has 0 saturated carbocycles. The Hall–Kier alpha value is -0.0800. The third-order valence-electron chi connectivity index (χ3n) is 4.48. The molecule has 1 unspecified atom stereocenters. The van der Waals surface area contributed by atoms with Gasteiger partial charge in [0.15, 0.2) is 0 Å². The van der Waals surface area contributed by atoms with Crippen molar-refractivity contribution in [3.8, 4) is 0 Å². The number of hydrogen-bond donors (Lipinski definition) is 1. The van der Waals surface area contributed by atoms with E-state index in [2.05, 4.69) is 31.0 Å². The lowest BCUT2D eigenvalue weighted by Gasteiger charge is -2.25. The molecule has 0 aromatic carbocycles. The van der Waals surface area contributed by atoms with Crippen molar-refractivity contribution in [3.63, 3.8) is 0 Å². The quantitative estimate of drug-likeness (QED) is 0.532. The van der Waals surface area contributed by atoms with Crippen molar-refractivity contribution < 1.29 is 0 Å². The van der Waals surface area contributed by atoms with Crippen molar-refractivity contribution in [2.24, 2.45) is 5.92 Å². The zero-order valence-corrected chi connectivity index (χ0v) is 14.3. The van der Waals surface area contributed by atoms with Crippen molar-refractivity contribution in [2.45, 2.75) is 84.6 Å². The van der Waals surface area contributed by atoms with E-state index in [9.17, 15) is 0 Å². The highest BCUT2D eigenvalue weighted by Crippen LogP contribution is 2.18. The number of likely N-dealkylation sites (tertiary alicyclic amines) is 1. The lowest BCUT2D eigenvalue weighted by Crippen LogP contribution is -2.39. The van der Waals surface area contributed by atoms with E-state index in [0.29, 0.717) is 0 Å². The molecule has 0 aliphatic carbocycles. The summed E-state index contributed by atoms with van der Waals surface area (Å²) in [5.74, 6) is 0.771. The molecule has 2 nitrogen and oxygen atoms in total. The minimum absolute atomic E-state index is 0.771. The fraction of sp³-hybridized carbons (Fsp3) is 1.00. The van der Waals surface area contributed by atoms with Crippen LogP contribution in [0, 0.1) is 5.92 Å². The molecular formula is C18H38N2. The van der Waals surface area contributed by atoms with E-state index in [4.69, 9.17) is 0 Å². The van der Waals surface area contributed by atoms with Crippen LogP contribution in [0.1, 0.15) is 78.6 Å². The van der Waals surface area contributed by atoms with Crippen LogP contribution in [0.25, 0.3) is 0 Å². The number of nitrogens with one attached hydrogen (secondary N) is 1. The molecule has 1 fully saturated rings. The predicted octanol–water partition coefficient (Wildman–Crippen LogP) is 4.45. The highest BCUT2D eigenvalue weighted by Gasteiger charge is 2.23. The monoisotopic (exact) mass is 282 g/mol. The molecule has 1 aliphatic heterocycles. The fourth-order valence-corrected chi connectivity index (χ4v) is 3.23. The molecule has 20 heavy (non-hydrogen) atoms. The molecule has 2 heteroatoms. The van der Waals surface area contributed by atoms with E-state index in [0.717, 1.165) is 12.0 Å². The maximum atomic E-state index is 3.64. The first-order valence-corrected chi connectivity index (χ1v) is 9.18. The van der Waals surface area contributed by atoms with Crippen LogP contribution in [-0.2, 0) is 0 Å². The minimum atomic E-state index is 0.771. The molecule has 0 aromatic heterocycles. The Morgan fingerprint density at radius 1 is 1.05 bits per heavy atom. The molecule has 0 spiro atoms. The van der Waals surface area contributed by atoms with E-state index in [1.807, 2.05) is 0 Å². The van der Waals surface area contributed by atoms with E-state index in [1.165, 1.54) is 84.0 Å². The smallest absolute Gasteiger partial charge is 0.0221 e. The van der Waals surface area contributed by atoms with Crippen LogP contribution in [0.3, 0.4) is 0 Å². The number of unbranched alkanes of at least 4 members (excludes halogenated alkanes) is 6. The summed E-state index contributed by atoms with van der Waals surface area (Å²) >= 11 is 0. The van der Waals surface area contributed by atoms with Crippen LogP contribution < -0.4 is 5.32 Å². The molecule has 1 N–H and O–H groups in total. The lowest BCUT2D eigenvalue weighted by atomic mass is 10.1. The normalized spacial score (nSPS) is 20.1. The van der Waals surface area contributed by atoms with Gasteiger partial charge in [-0.2, -0.15) is 0 Å². The predicted molar refractivity (Wildman–Crippen MR) is 90.3 cm³/mol. The summed E-state index contributed by atoms with van der Waals surface area (Å²) in [6, 6.07) is 0.814. The Kier molecular flexibility index (Phi) is 10.4. The Morgan fingerprint density at radius 3 is 2.45 bits per heavy atom. The van der Waals surface area contributed by atoms with Crippen molar-refractivity contribution in [1.82, 2.24) is 10.2 Å². The summed E-state index contributed by atoms with van der Waals surface area (Å²) in [7, 11) is 0. The summed E-state index contributed by atoms with van der Waals surface area (Å²) in [5, 5.41) is 3.64. The topological polar surface area (TPSA) is 15.3 Å². The van der Waals surface area contributed by atoms with E-state index < -0.39 is 0 Å². The zero-order valence-electron chi connectivity index (χ0n) is 14.3. The highest BCUT2D eigenvalue weighted by molar-refractivity contribution is 4.80. The van der Waals surface area contributed by atoms with Gasteiger partial charge < -0.3 is 5.32 Å². The first-order valence-electron chi connectivity index (χ1n) is 9.18. The second kappa shape index (κ2) is 11.6. The van der Waals surface area contributed by atoms with Gasteiger partial charge in [-0.3, -0.25) is 4.90 Å². The van der Waals surface area contributed by atoms with Gasteiger partial charge in [0.05, 0.1) is 0 Å². The second-order valence-electron chi connectivity index (χ2n) is 7.01. The molecule has 1 rings (SSSR count). The molecule has 0 bridgehead atoms. The molecule has 0 amide bonds. The number of hydrogen-bond acceptors (Lipinski definition) is 2. The summed E-state index contributed by atoms with van der Waals surface area (Å²) < 4.78 is 0. The SMILES string of the molecule is CCCCCCCCCN1CCCC1CNCC(C)C. The van der Waals surface area contributed by atoms with Gasteiger partial charge in [-0.05, 0) is 44.8 Å².